The monoisotopic (exact) mass is 238 g/mol. The summed E-state index contributed by atoms with van der Waals surface area (Å²) in [5.41, 5.74) is 0.687. The fraction of sp³-hybridized carbons (Fsp3) is 1.00. The summed E-state index contributed by atoms with van der Waals surface area (Å²) in [6.45, 7) is 13.5. The van der Waals surface area contributed by atoms with Crippen LogP contribution in [0.2, 0.25) is 0 Å². The lowest BCUT2D eigenvalue weighted by atomic mass is 9.66. The summed E-state index contributed by atoms with van der Waals surface area (Å²) in [4.78, 5) is 2.76. The molecule has 1 saturated carbocycles. The van der Waals surface area contributed by atoms with Gasteiger partial charge in [0, 0.05) is 19.6 Å². The third-order valence-electron chi connectivity index (χ3n) is 4.85. The number of rotatable bonds is 3. The Morgan fingerprint density at radius 3 is 2.12 bits per heavy atom. The van der Waals surface area contributed by atoms with E-state index in [9.17, 15) is 0 Å². The lowest BCUT2D eigenvalue weighted by Gasteiger charge is -2.46. The van der Waals surface area contributed by atoms with Crippen molar-refractivity contribution in [3.8, 4) is 0 Å². The zero-order chi connectivity index (χ0) is 12.3. The molecule has 2 atom stereocenters. The van der Waals surface area contributed by atoms with Crippen LogP contribution in [0.3, 0.4) is 0 Å². The first-order valence-electron chi connectivity index (χ1n) is 7.56. The maximum absolute atomic E-state index is 3.59. The Morgan fingerprint density at radius 2 is 1.71 bits per heavy atom. The molecule has 2 fully saturated rings. The van der Waals surface area contributed by atoms with Crippen LogP contribution in [-0.4, -0.2) is 37.6 Å². The van der Waals surface area contributed by atoms with Gasteiger partial charge in [-0.25, -0.2) is 0 Å². The van der Waals surface area contributed by atoms with Gasteiger partial charge in [0.15, 0.2) is 0 Å². The van der Waals surface area contributed by atoms with E-state index in [2.05, 4.69) is 31.0 Å². The minimum atomic E-state index is 0.687. The summed E-state index contributed by atoms with van der Waals surface area (Å²) in [5, 5.41) is 3.59. The van der Waals surface area contributed by atoms with Gasteiger partial charge in [-0.05, 0) is 49.6 Å². The number of hydrogen-bond donors (Lipinski definition) is 1. The van der Waals surface area contributed by atoms with E-state index >= 15 is 0 Å². The molecule has 0 aromatic carbocycles. The SMILES string of the molecule is CCC1(CN2CC(C)CNCC(C)C2)CCC1. The smallest absolute Gasteiger partial charge is 0.00381 e. The molecule has 0 aromatic heterocycles. The van der Waals surface area contributed by atoms with Crippen LogP contribution in [0, 0.1) is 17.3 Å². The first-order valence-corrected chi connectivity index (χ1v) is 7.56. The number of nitrogens with one attached hydrogen (secondary N) is 1. The van der Waals surface area contributed by atoms with E-state index in [4.69, 9.17) is 0 Å². The topological polar surface area (TPSA) is 15.3 Å². The Kier molecular flexibility index (Phi) is 4.48. The molecular weight excluding hydrogens is 208 g/mol. The van der Waals surface area contributed by atoms with Crippen LogP contribution in [0.15, 0.2) is 0 Å². The number of nitrogens with zero attached hydrogens (tertiary/aromatic N) is 1. The van der Waals surface area contributed by atoms with Crippen molar-refractivity contribution in [2.45, 2.75) is 46.5 Å². The highest BCUT2D eigenvalue weighted by Gasteiger charge is 2.37. The minimum Gasteiger partial charge on any atom is -0.316 e. The molecule has 1 N–H and O–H groups in total. The molecule has 1 aliphatic carbocycles. The van der Waals surface area contributed by atoms with Crippen LogP contribution in [0.4, 0.5) is 0 Å². The minimum absolute atomic E-state index is 0.687. The van der Waals surface area contributed by atoms with Crippen molar-refractivity contribution in [3.63, 3.8) is 0 Å². The zero-order valence-electron chi connectivity index (χ0n) is 12.0. The van der Waals surface area contributed by atoms with Crippen LogP contribution < -0.4 is 5.32 Å². The van der Waals surface area contributed by atoms with Crippen LogP contribution in [0.1, 0.15) is 46.5 Å². The largest absolute Gasteiger partial charge is 0.316 e. The second-order valence-electron chi connectivity index (χ2n) is 6.77. The molecule has 2 rings (SSSR count). The first-order chi connectivity index (χ1) is 8.13. The van der Waals surface area contributed by atoms with E-state index in [0.717, 1.165) is 11.8 Å². The fourth-order valence-corrected chi connectivity index (χ4v) is 3.57. The van der Waals surface area contributed by atoms with Gasteiger partial charge in [0.05, 0.1) is 0 Å². The molecule has 1 saturated heterocycles. The Balaban J connectivity index is 1.91. The van der Waals surface area contributed by atoms with E-state index < -0.39 is 0 Å². The predicted octanol–water partition coefficient (Wildman–Crippen LogP) is 2.74. The second-order valence-corrected chi connectivity index (χ2v) is 6.77. The van der Waals surface area contributed by atoms with Gasteiger partial charge < -0.3 is 10.2 Å². The molecule has 2 unspecified atom stereocenters. The molecule has 0 bridgehead atoms. The van der Waals surface area contributed by atoms with Crippen LogP contribution in [0.5, 0.6) is 0 Å². The summed E-state index contributed by atoms with van der Waals surface area (Å²) in [6, 6.07) is 0. The standard InChI is InChI=1S/C15H30N2/c1-4-15(6-5-7-15)12-17-10-13(2)8-16-9-14(3)11-17/h13-14,16H,4-12H2,1-3H3. The molecular formula is C15H30N2. The molecule has 1 aliphatic heterocycles. The molecule has 2 heteroatoms. The van der Waals surface area contributed by atoms with Gasteiger partial charge in [-0.2, -0.15) is 0 Å². The highest BCUT2D eigenvalue weighted by atomic mass is 15.1. The molecule has 0 spiro atoms. The van der Waals surface area contributed by atoms with Crippen molar-refractivity contribution in [3.05, 3.63) is 0 Å². The van der Waals surface area contributed by atoms with Crippen molar-refractivity contribution in [2.75, 3.05) is 32.7 Å². The first kappa shape index (κ1) is 13.4. The van der Waals surface area contributed by atoms with E-state index in [0.29, 0.717) is 5.41 Å². The fourth-order valence-electron chi connectivity index (χ4n) is 3.57. The van der Waals surface area contributed by atoms with Gasteiger partial charge in [-0.3, -0.25) is 0 Å². The lowest BCUT2D eigenvalue weighted by Crippen LogP contribution is -2.48. The summed E-state index contributed by atoms with van der Waals surface area (Å²) in [5.74, 6) is 1.60. The normalized spacial score (nSPS) is 34.8. The van der Waals surface area contributed by atoms with Gasteiger partial charge in [-0.15, -0.1) is 0 Å². The molecule has 100 valence electrons. The Morgan fingerprint density at radius 1 is 1.12 bits per heavy atom. The Labute approximate surface area is 107 Å². The summed E-state index contributed by atoms with van der Waals surface area (Å²) in [7, 11) is 0. The van der Waals surface area contributed by atoms with Crippen LogP contribution in [0.25, 0.3) is 0 Å². The summed E-state index contributed by atoms with van der Waals surface area (Å²) in [6.07, 6.45) is 5.79. The van der Waals surface area contributed by atoms with Crippen molar-refractivity contribution in [2.24, 2.45) is 17.3 Å². The maximum atomic E-state index is 3.59. The van der Waals surface area contributed by atoms with Crippen molar-refractivity contribution in [1.82, 2.24) is 10.2 Å². The summed E-state index contributed by atoms with van der Waals surface area (Å²) < 4.78 is 0. The highest BCUT2D eigenvalue weighted by Crippen LogP contribution is 2.44. The van der Waals surface area contributed by atoms with Gasteiger partial charge in [0.1, 0.15) is 0 Å². The average molecular weight is 238 g/mol. The van der Waals surface area contributed by atoms with E-state index in [1.807, 2.05) is 0 Å². The zero-order valence-corrected chi connectivity index (χ0v) is 12.0. The van der Waals surface area contributed by atoms with E-state index in [-0.39, 0.29) is 0 Å². The molecule has 1 heterocycles. The highest BCUT2D eigenvalue weighted by molar-refractivity contribution is 4.90. The second kappa shape index (κ2) is 5.71. The van der Waals surface area contributed by atoms with E-state index in [1.165, 1.54) is 58.4 Å². The lowest BCUT2D eigenvalue weighted by molar-refractivity contribution is 0.0451. The third-order valence-corrected chi connectivity index (χ3v) is 4.85. The van der Waals surface area contributed by atoms with Crippen LogP contribution >= 0.6 is 0 Å². The third kappa shape index (κ3) is 3.45. The van der Waals surface area contributed by atoms with Crippen molar-refractivity contribution in [1.29, 1.82) is 0 Å². The van der Waals surface area contributed by atoms with Gasteiger partial charge >= 0.3 is 0 Å². The molecule has 0 amide bonds. The predicted molar refractivity (Wildman–Crippen MR) is 74.2 cm³/mol. The number of hydrogen-bond acceptors (Lipinski definition) is 2. The quantitative estimate of drug-likeness (QED) is 0.813. The molecule has 2 nitrogen and oxygen atoms in total. The van der Waals surface area contributed by atoms with Gasteiger partial charge in [0.25, 0.3) is 0 Å². The molecule has 2 aliphatic rings. The molecule has 0 radical (unpaired) electrons. The Hall–Kier alpha value is -0.0800. The molecule has 0 aromatic rings. The van der Waals surface area contributed by atoms with Crippen molar-refractivity contribution >= 4 is 0 Å². The average Bonchev–Trinajstić information content (AvgIpc) is 2.20. The summed E-state index contributed by atoms with van der Waals surface area (Å²) >= 11 is 0. The Bertz CT molecular complexity index is 218. The van der Waals surface area contributed by atoms with Crippen LogP contribution in [-0.2, 0) is 0 Å². The van der Waals surface area contributed by atoms with Gasteiger partial charge in [0.2, 0.25) is 0 Å². The maximum Gasteiger partial charge on any atom is 0.00381 e. The molecule has 17 heavy (non-hydrogen) atoms. The van der Waals surface area contributed by atoms with Gasteiger partial charge in [-0.1, -0.05) is 27.2 Å². The van der Waals surface area contributed by atoms with E-state index in [1.54, 1.807) is 0 Å². The van der Waals surface area contributed by atoms with Crippen molar-refractivity contribution < 1.29 is 0 Å².